The summed E-state index contributed by atoms with van der Waals surface area (Å²) in [6, 6.07) is 18.1. The van der Waals surface area contributed by atoms with Gasteiger partial charge in [0.15, 0.2) is 11.7 Å². The summed E-state index contributed by atoms with van der Waals surface area (Å²) in [6.45, 7) is 14.3. The molecule has 0 saturated heterocycles. The molecule has 1 atom stereocenters. The summed E-state index contributed by atoms with van der Waals surface area (Å²) < 4.78 is 9.22. The lowest BCUT2D eigenvalue weighted by Gasteiger charge is -2.39. The third-order valence-electron chi connectivity index (χ3n) is 9.41. The summed E-state index contributed by atoms with van der Waals surface area (Å²) in [5.41, 5.74) is 10.8. The molecule has 0 N–H and O–H groups in total. The zero-order chi connectivity index (χ0) is 24.5. The summed E-state index contributed by atoms with van der Waals surface area (Å²) in [4.78, 5) is 0. The van der Waals surface area contributed by atoms with Crippen LogP contribution in [-0.2, 0) is 17.4 Å². The van der Waals surface area contributed by atoms with E-state index in [1.54, 1.807) is 5.57 Å². The Balaban J connectivity index is 1.68. The largest absolute Gasteiger partial charge is 0.456 e. The maximum atomic E-state index is 6.61. The number of allylic oxidation sites excluding steroid dienone is 2. The number of para-hydroxylation sites is 1. The normalized spacial score (nSPS) is 19.8. The lowest BCUT2D eigenvalue weighted by atomic mass is 9.69. The minimum absolute atomic E-state index is 0.0911. The van der Waals surface area contributed by atoms with E-state index in [-0.39, 0.29) is 11.0 Å². The monoisotopic (exact) mass is 464 g/mol. The second-order valence-electron chi connectivity index (χ2n) is 11.3. The van der Waals surface area contributed by atoms with E-state index < -0.39 is 0 Å². The van der Waals surface area contributed by atoms with Gasteiger partial charge in [0.05, 0.1) is 0 Å². The fourth-order valence-corrected chi connectivity index (χ4v) is 7.61. The maximum absolute atomic E-state index is 6.61. The molecule has 2 nitrogen and oxygen atoms in total. The highest BCUT2D eigenvalue weighted by molar-refractivity contribution is 6.14. The van der Waals surface area contributed by atoms with E-state index in [1.165, 1.54) is 51.6 Å². The Labute approximate surface area is 209 Å². The summed E-state index contributed by atoms with van der Waals surface area (Å²) >= 11 is 0. The van der Waals surface area contributed by atoms with Crippen molar-refractivity contribution in [1.82, 2.24) is 0 Å². The number of benzene rings is 2. The van der Waals surface area contributed by atoms with Crippen molar-refractivity contribution in [2.24, 2.45) is 5.92 Å². The predicted octanol–water partition coefficient (Wildman–Crippen LogP) is 8.58. The molecule has 2 aromatic heterocycles. The van der Waals surface area contributed by atoms with Gasteiger partial charge in [-0.25, -0.2) is 0 Å². The van der Waals surface area contributed by atoms with Gasteiger partial charge in [-0.15, -0.1) is 0 Å². The first-order chi connectivity index (χ1) is 16.9. The Bertz CT molecular complexity index is 1490. The zero-order valence-electron chi connectivity index (χ0n) is 22.2. The molecule has 0 spiro atoms. The average molecular weight is 465 g/mol. The topological polar surface area (TPSA) is 17.0 Å². The number of aryl methyl sites for hydroxylation is 1. The quantitative estimate of drug-likeness (QED) is 0.270. The van der Waals surface area contributed by atoms with E-state index >= 15 is 0 Å². The summed E-state index contributed by atoms with van der Waals surface area (Å²) in [5, 5.41) is 2.60. The van der Waals surface area contributed by atoms with Crippen LogP contribution < -0.4 is 4.57 Å². The first-order valence-electron chi connectivity index (χ1n) is 13.6. The van der Waals surface area contributed by atoms with E-state index in [1.807, 2.05) is 0 Å². The van der Waals surface area contributed by atoms with E-state index in [0.717, 1.165) is 30.4 Å². The van der Waals surface area contributed by atoms with Gasteiger partial charge >= 0.3 is 0 Å². The van der Waals surface area contributed by atoms with Gasteiger partial charge in [-0.3, -0.25) is 0 Å². The lowest BCUT2D eigenvalue weighted by Crippen LogP contribution is -2.63. The molecular weight excluding hydrogens is 426 g/mol. The molecular formula is C33H38NO+. The molecule has 0 radical (unpaired) electrons. The van der Waals surface area contributed by atoms with Gasteiger partial charge in [0, 0.05) is 52.7 Å². The Morgan fingerprint density at radius 3 is 2.49 bits per heavy atom. The number of aromatic nitrogens is 1. The van der Waals surface area contributed by atoms with Crippen molar-refractivity contribution in [2.45, 2.75) is 84.6 Å². The number of fused-ring (bicyclic) bond motifs is 8. The molecule has 1 unspecified atom stereocenters. The Morgan fingerprint density at radius 1 is 0.943 bits per heavy atom. The maximum Gasteiger partial charge on any atom is 0.210 e. The fourth-order valence-electron chi connectivity index (χ4n) is 7.61. The van der Waals surface area contributed by atoms with E-state index in [9.17, 15) is 0 Å². The van der Waals surface area contributed by atoms with Crippen LogP contribution in [-0.4, -0.2) is 0 Å². The Kier molecular flexibility index (Phi) is 5.04. The first kappa shape index (κ1) is 22.6. The van der Waals surface area contributed by atoms with E-state index in [0.29, 0.717) is 5.92 Å². The number of rotatable bonds is 5. The van der Waals surface area contributed by atoms with E-state index in [4.69, 9.17) is 4.42 Å². The van der Waals surface area contributed by atoms with Crippen molar-refractivity contribution in [1.29, 1.82) is 0 Å². The number of hydrogen-bond donors (Lipinski definition) is 0. The highest BCUT2D eigenvalue weighted by Crippen LogP contribution is 2.59. The van der Waals surface area contributed by atoms with Gasteiger partial charge in [0.1, 0.15) is 11.2 Å². The van der Waals surface area contributed by atoms with Crippen LogP contribution in [0.2, 0.25) is 0 Å². The second-order valence-corrected chi connectivity index (χ2v) is 11.3. The van der Waals surface area contributed by atoms with Crippen molar-refractivity contribution in [3.63, 3.8) is 0 Å². The average Bonchev–Trinajstić information content (AvgIpc) is 3.36. The molecule has 2 aliphatic rings. The number of hydrogen-bond acceptors (Lipinski definition) is 1. The van der Waals surface area contributed by atoms with Crippen LogP contribution in [0.5, 0.6) is 0 Å². The van der Waals surface area contributed by atoms with Crippen molar-refractivity contribution in [3.8, 4) is 0 Å². The van der Waals surface area contributed by atoms with Gasteiger partial charge < -0.3 is 4.42 Å². The molecule has 0 fully saturated rings. The Morgan fingerprint density at radius 2 is 1.74 bits per heavy atom. The second kappa shape index (κ2) is 7.82. The molecule has 4 aromatic rings. The first-order valence-corrected chi connectivity index (χ1v) is 13.6. The molecule has 35 heavy (non-hydrogen) atoms. The number of unbranched alkanes of at least 4 members (excludes halogenated alkanes) is 1. The molecule has 6 rings (SSSR count). The van der Waals surface area contributed by atoms with Gasteiger partial charge in [0.25, 0.3) is 0 Å². The van der Waals surface area contributed by atoms with Crippen LogP contribution in [0.15, 0.2) is 59.1 Å². The minimum atomic E-state index is -0.106. The van der Waals surface area contributed by atoms with Crippen molar-refractivity contribution < 1.29 is 8.98 Å². The molecule has 0 amide bonds. The minimum Gasteiger partial charge on any atom is -0.456 e. The molecule has 0 bridgehead atoms. The third kappa shape index (κ3) is 2.80. The van der Waals surface area contributed by atoms with Crippen LogP contribution in [0.1, 0.15) is 89.6 Å². The lowest BCUT2D eigenvalue weighted by molar-refractivity contribution is -0.775. The SMILES string of the molecule is CCCCc1cccc2c1oc1ccc3c(c12)C(C)(C)C1=C3C(C)C(CC)(CC)[n+]2ccccc21. The highest BCUT2D eigenvalue weighted by Gasteiger charge is 2.56. The fraction of sp³-hybridized carbons (Fsp3) is 0.424. The molecule has 1 aliphatic heterocycles. The number of nitrogens with zero attached hydrogens (tertiary/aromatic N) is 1. The van der Waals surface area contributed by atoms with Crippen LogP contribution in [0.25, 0.3) is 33.1 Å². The number of furan rings is 1. The molecule has 180 valence electrons. The highest BCUT2D eigenvalue weighted by atomic mass is 16.3. The van der Waals surface area contributed by atoms with Gasteiger partial charge in [-0.1, -0.05) is 72.2 Å². The summed E-state index contributed by atoms with van der Waals surface area (Å²) in [7, 11) is 0. The Hall–Kier alpha value is -2.87. The van der Waals surface area contributed by atoms with Gasteiger partial charge in [0.2, 0.25) is 5.69 Å². The van der Waals surface area contributed by atoms with E-state index in [2.05, 4.69) is 101 Å². The molecule has 0 saturated carbocycles. The van der Waals surface area contributed by atoms with Crippen LogP contribution in [0, 0.1) is 5.92 Å². The summed E-state index contributed by atoms with van der Waals surface area (Å²) in [6.07, 6.45) is 8.03. The molecule has 3 heterocycles. The van der Waals surface area contributed by atoms with Crippen LogP contribution in [0.4, 0.5) is 0 Å². The molecule has 2 heteroatoms. The van der Waals surface area contributed by atoms with Crippen molar-refractivity contribution in [2.75, 3.05) is 0 Å². The zero-order valence-corrected chi connectivity index (χ0v) is 22.2. The molecule has 2 aromatic carbocycles. The van der Waals surface area contributed by atoms with Crippen LogP contribution >= 0.6 is 0 Å². The molecule has 1 aliphatic carbocycles. The summed E-state index contributed by atoms with van der Waals surface area (Å²) in [5.74, 6) is 0.434. The van der Waals surface area contributed by atoms with Crippen LogP contribution in [0.3, 0.4) is 0 Å². The van der Waals surface area contributed by atoms with Gasteiger partial charge in [-0.05, 0) is 47.2 Å². The van der Waals surface area contributed by atoms with Crippen molar-refractivity contribution in [3.05, 3.63) is 77.1 Å². The number of pyridine rings is 1. The predicted molar refractivity (Wildman–Crippen MR) is 147 cm³/mol. The van der Waals surface area contributed by atoms with Crippen molar-refractivity contribution >= 4 is 33.1 Å². The third-order valence-corrected chi connectivity index (χ3v) is 9.41. The standard InChI is InChI=1S/C33H38NO/c1-7-10-14-22-15-13-16-24-28-26(35-31(22)24)19-18-23-27-21(4)33(8-2,9-3)34-20-12-11-17-25(34)30(27)32(5,6)29(23)28/h11-13,15-21H,7-10,14H2,1-6H3/q+1. The smallest absolute Gasteiger partial charge is 0.210 e. The van der Waals surface area contributed by atoms with Gasteiger partial charge in [-0.2, -0.15) is 4.57 Å².